The van der Waals surface area contributed by atoms with E-state index in [0.29, 0.717) is 22.8 Å². The van der Waals surface area contributed by atoms with Gasteiger partial charge >= 0.3 is 0 Å². The largest absolute Gasteiger partial charge is 0.339 e. The molecule has 0 bridgehead atoms. The van der Waals surface area contributed by atoms with E-state index in [-0.39, 0.29) is 18.4 Å². The molecule has 1 aliphatic heterocycles. The van der Waals surface area contributed by atoms with Crippen LogP contribution in [0.2, 0.25) is 5.02 Å². The third-order valence-electron chi connectivity index (χ3n) is 4.37. The van der Waals surface area contributed by atoms with Gasteiger partial charge in [0.2, 0.25) is 5.91 Å². The van der Waals surface area contributed by atoms with Crippen molar-refractivity contribution in [1.29, 1.82) is 0 Å². The second-order valence-corrected chi connectivity index (χ2v) is 6.73. The van der Waals surface area contributed by atoms with E-state index in [9.17, 15) is 9.59 Å². The summed E-state index contributed by atoms with van der Waals surface area (Å²) in [6.45, 7) is 2.36. The molecule has 0 spiro atoms. The van der Waals surface area contributed by atoms with Crippen LogP contribution >= 0.6 is 11.6 Å². The van der Waals surface area contributed by atoms with Gasteiger partial charge in [0, 0.05) is 35.9 Å². The third-order valence-corrected chi connectivity index (χ3v) is 4.74. The minimum Gasteiger partial charge on any atom is -0.339 e. The minimum absolute atomic E-state index is 0.0572. The average molecular weight is 372 g/mol. The van der Waals surface area contributed by atoms with Crippen molar-refractivity contribution in [2.24, 2.45) is 0 Å². The van der Waals surface area contributed by atoms with Crippen molar-refractivity contribution in [2.75, 3.05) is 25.0 Å². The van der Waals surface area contributed by atoms with Crippen LogP contribution in [-0.4, -0.2) is 36.3 Å². The zero-order valence-corrected chi connectivity index (χ0v) is 15.3. The highest BCUT2D eigenvalue weighted by molar-refractivity contribution is 6.31. The molecule has 136 valence electrons. The summed E-state index contributed by atoms with van der Waals surface area (Å²) in [6.07, 6.45) is 2.14. The van der Waals surface area contributed by atoms with Crippen LogP contribution in [0.1, 0.15) is 28.8 Å². The first kappa shape index (κ1) is 18.4. The maximum Gasteiger partial charge on any atom is 0.253 e. The van der Waals surface area contributed by atoms with E-state index in [1.165, 1.54) is 0 Å². The quantitative estimate of drug-likeness (QED) is 0.819. The van der Waals surface area contributed by atoms with Crippen LogP contribution in [0.15, 0.2) is 48.5 Å². The van der Waals surface area contributed by atoms with Crippen molar-refractivity contribution in [1.82, 2.24) is 10.2 Å². The first-order chi connectivity index (χ1) is 12.6. The smallest absolute Gasteiger partial charge is 0.253 e. The predicted octanol–water partition coefficient (Wildman–Crippen LogP) is 3.30. The number of carbonyl (C=O) groups excluding carboxylic acids is 2. The Morgan fingerprint density at radius 2 is 1.69 bits per heavy atom. The molecule has 1 heterocycles. The molecule has 0 aromatic heterocycles. The van der Waals surface area contributed by atoms with E-state index >= 15 is 0 Å². The molecule has 2 aromatic rings. The maximum absolute atomic E-state index is 12.3. The molecule has 2 amide bonds. The number of amides is 2. The number of rotatable bonds is 6. The van der Waals surface area contributed by atoms with E-state index < -0.39 is 0 Å². The molecule has 0 radical (unpaired) electrons. The van der Waals surface area contributed by atoms with Gasteiger partial charge in [0.25, 0.3) is 5.91 Å². The predicted molar refractivity (Wildman–Crippen MR) is 103 cm³/mol. The summed E-state index contributed by atoms with van der Waals surface area (Å²) >= 11 is 6.09. The Hall–Kier alpha value is -2.37. The molecule has 1 fully saturated rings. The first-order valence-corrected chi connectivity index (χ1v) is 9.14. The monoisotopic (exact) mass is 371 g/mol. The Labute approximate surface area is 158 Å². The molecule has 0 aliphatic carbocycles. The summed E-state index contributed by atoms with van der Waals surface area (Å²) in [6, 6.07) is 14.6. The summed E-state index contributed by atoms with van der Waals surface area (Å²) in [5.74, 6) is -0.0857. The normalized spacial score (nSPS) is 13.7. The molecule has 26 heavy (non-hydrogen) atoms. The molecular formula is C20H22ClN3O2. The van der Waals surface area contributed by atoms with Crippen molar-refractivity contribution in [3.8, 4) is 0 Å². The van der Waals surface area contributed by atoms with Crippen molar-refractivity contribution >= 4 is 29.1 Å². The molecule has 6 heteroatoms. The van der Waals surface area contributed by atoms with E-state index in [1.807, 2.05) is 29.2 Å². The molecule has 5 nitrogen and oxygen atoms in total. The lowest BCUT2D eigenvalue weighted by Gasteiger charge is -2.15. The summed E-state index contributed by atoms with van der Waals surface area (Å²) < 4.78 is 0. The topological polar surface area (TPSA) is 61.4 Å². The van der Waals surface area contributed by atoms with Gasteiger partial charge in [-0.1, -0.05) is 29.8 Å². The van der Waals surface area contributed by atoms with Crippen LogP contribution in [0.25, 0.3) is 0 Å². The van der Waals surface area contributed by atoms with Gasteiger partial charge in [0.05, 0.1) is 6.54 Å². The van der Waals surface area contributed by atoms with E-state index in [2.05, 4.69) is 10.6 Å². The second-order valence-electron chi connectivity index (χ2n) is 6.32. The highest BCUT2D eigenvalue weighted by Crippen LogP contribution is 2.16. The average Bonchev–Trinajstić information content (AvgIpc) is 3.18. The summed E-state index contributed by atoms with van der Waals surface area (Å²) in [4.78, 5) is 26.2. The van der Waals surface area contributed by atoms with Crippen molar-refractivity contribution in [2.45, 2.75) is 19.4 Å². The minimum atomic E-state index is -0.143. The van der Waals surface area contributed by atoms with Crippen LogP contribution in [0.5, 0.6) is 0 Å². The number of nitrogens with one attached hydrogen (secondary N) is 2. The SMILES string of the molecule is O=C(CNCc1ccccc1Cl)Nc1ccc(C(=O)N2CCCC2)cc1. The van der Waals surface area contributed by atoms with Gasteiger partial charge in [-0.05, 0) is 48.7 Å². The summed E-state index contributed by atoms with van der Waals surface area (Å²) in [5.41, 5.74) is 2.28. The molecule has 2 N–H and O–H groups in total. The number of hydrogen-bond donors (Lipinski definition) is 2. The first-order valence-electron chi connectivity index (χ1n) is 8.77. The lowest BCUT2D eigenvalue weighted by atomic mass is 10.2. The van der Waals surface area contributed by atoms with Crippen molar-refractivity contribution in [3.63, 3.8) is 0 Å². The van der Waals surface area contributed by atoms with E-state index in [1.54, 1.807) is 24.3 Å². The Balaban J connectivity index is 1.47. The summed E-state index contributed by atoms with van der Waals surface area (Å²) in [5, 5.41) is 6.57. The van der Waals surface area contributed by atoms with Crippen LogP contribution in [-0.2, 0) is 11.3 Å². The molecule has 3 rings (SSSR count). The van der Waals surface area contributed by atoms with Gasteiger partial charge < -0.3 is 15.5 Å². The highest BCUT2D eigenvalue weighted by atomic mass is 35.5. The number of likely N-dealkylation sites (tertiary alicyclic amines) is 1. The van der Waals surface area contributed by atoms with Gasteiger partial charge in [-0.25, -0.2) is 0 Å². The van der Waals surface area contributed by atoms with Gasteiger partial charge in [-0.15, -0.1) is 0 Å². The van der Waals surface area contributed by atoms with Gasteiger partial charge in [-0.3, -0.25) is 9.59 Å². The Morgan fingerprint density at radius 1 is 1.00 bits per heavy atom. The van der Waals surface area contributed by atoms with Crippen LogP contribution in [0, 0.1) is 0 Å². The van der Waals surface area contributed by atoms with E-state index in [0.717, 1.165) is 31.5 Å². The Morgan fingerprint density at radius 3 is 2.38 bits per heavy atom. The molecule has 0 atom stereocenters. The lowest BCUT2D eigenvalue weighted by molar-refractivity contribution is -0.115. The molecule has 0 saturated carbocycles. The fourth-order valence-corrected chi connectivity index (χ4v) is 3.16. The highest BCUT2D eigenvalue weighted by Gasteiger charge is 2.19. The zero-order chi connectivity index (χ0) is 18.4. The number of nitrogens with zero attached hydrogens (tertiary/aromatic N) is 1. The number of hydrogen-bond acceptors (Lipinski definition) is 3. The standard InChI is InChI=1S/C20H22ClN3O2/c21-18-6-2-1-5-16(18)13-22-14-19(25)23-17-9-7-15(8-10-17)20(26)24-11-3-4-12-24/h1-2,5-10,22H,3-4,11-14H2,(H,23,25). The number of anilines is 1. The molecule has 1 aliphatic rings. The molecule has 1 saturated heterocycles. The van der Waals surface area contributed by atoms with Gasteiger partial charge in [-0.2, -0.15) is 0 Å². The summed E-state index contributed by atoms with van der Waals surface area (Å²) in [7, 11) is 0. The van der Waals surface area contributed by atoms with Gasteiger partial charge in [0.1, 0.15) is 0 Å². The van der Waals surface area contributed by atoms with Crippen LogP contribution < -0.4 is 10.6 Å². The Bertz CT molecular complexity index is 771. The van der Waals surface area contributed by atoms with Gasteiger partial charge in [0.15, 0.2) is 0 Å². The fourth-order valence-electron chi connectivity index (χ4n) is 2.96. The molecule has 0 unspecified atom stereocenters. The molecular weight excluding hydrogens is 350 g/mol. The number of benzene rings is 2. The Kier molecular flexibility index (Phi) is 6.26. The van der Waals surface area contributed by atoms with Crippen molar-refractivity contribution in [3.05, 3.63) is 64.7 Å². The number of carbonyl (C=O) groups is 2. The fraction of sp³-hybridized carbons (Fsp3) is 0.300. The maximum atomic E-state index is 12.3. The van der Waals surface area contributed by atoms with Crippen LogP contribution in [0.3, 0.4) is 0 Å². The number of halogens is 1. The second kappa shape index (κ2) is 8.83. The lowest BCUT2D eigenvalue weighted by Crippen LogP contribution is -2.28. The molecule has 2 aromatic carbocycles. The third kappa shape index (κ3) is 4.84. The zero-order valence-electron chi connectivity index (χ0n) is 14.5. The van der Waals surface area contributed by atoms with Crippen LogP contribution in [0.4, 0.5) is 5.69 Å². The van der Waals surface area contributed by atoms with E-state index in [4.69, 9.17) is 11.6 Å². The van der Waals surface area contributed by atoms with Crippen molar-refractivity contribution < 1.29 is 9.59 Å².